The van der Waals surface area contributed by atoms with E-state index in [0.717, 1.165) is 11.1 Å². The van der Waals surface area contributed by atoms with Crippen LogP contribution < -0.4 is 14.9 Å². The molecule has 0 radical (unpaired) electrons. The highest BCUT2D eigenvalue weighted by atomic mass is 35.5. The van der Waals surface area contributed by atoms with Crippen molar-refractivity contribution in [2.75, 3.05) is 7.11 Å². The van der Waals surface area contributed by atoms with Crippen LogP contribution in [0.4, 0.5) is 0 Å². The molecule has 154 valence electrons. The van der Waals surface area contributed by atoms with Crippen LogP contribution in [0.5, 0.6) is 17.2 Å². The minimum Gasteiger partial charge on any atom is -0.507 e. The topological polar surface area (TPSA) is 80.2 Å². The lowest BCUT2D eigenvalue weighted by Crippen LogP contribution is -2.17. The van der Waals surface area contributed by atoms with Crippen molar-refractivity contribution in [2.24, 2.45) is 5.10 Å². The minimum atomic E-state index is -0.536. The maximum Gasteiger partial charge on any atom is 0.275 e. The van der Waals surface area contributed by atoms with E-state index in [1.807, 2.05) is 6.07 Å². The SMILES string of the molecule is COc1ccc(C(=O)N/N=C\c2ccc(OCc3ccc(Cl)cc3Cl)cc2)c(O)c1. The summed E-state index contributed by atoms with van der Waals surface area (Å²) >= 11 is 12.0. The summed E-state index contributed by atoms with van der Waals surface area (Å²) < 4.78 is 10.7. The van der Waals surface area contributed by atoms with Gasteiger partial charge in [-0.15, -0.1) is 0 Å². The number of amides is 1. The molecule has 3 aromatic carbocycles. The van der Waals surface area contributed by atoms with Gasteiger partial charge in [0.05, 0.1) is 18.9 Å². The summed E-state index contributed by atoms with van der Waals surface area (Å²) in [7, 11) is 1.47. The van der Waals surface area contributed by atoms with Gasteiger partial charge in [-0.05, 0) is 54.1 Å². The van der Waals surface area contributed by atoms with Gasteiger partial charge in [0.2, 0.25) is 0 Å². The third kappa shape index (κ3) is 5.65. The highest BCUT2D eigenvalue weighted by Crippen LogP contribution is 2.24. The fourth-order valence-electron chi connectivity index (χ4n) is 2.51. The highest BCUT2D eigenvalue weighted by molar-refractivity contribution is 6.35. The molecular weight excluding hydrogens is 427 g/mol. The van der Waals surface area contributed by atoms with Crippen molar-refractivity contribution in [3.63, 3.8) is 0 Å². The van der Waals surface area contributed by atoms with Crippen LogP contribution in [0, 0.1) is 0 Å². The average molecular weight is 445 g/mol. The Hall–Kier alpha value is -3.22. The van der Waals surface area contributed by atoms with E-state index >= 15 is 0 Å². The van der Waals surface area contributed by atoms with Crippen LogP contribution in [0.2, 0.25) is 10.0 Å². The Morgan fingerprint density at radius 3 is 2.47 bits per heavy atom. The Balaban J connectivity index is 1.54. The maximum absolute atomic E-state index is 12.1. The van der Waals surface area contributed by atoms with Crippen LogP contribution in [0.1, 0.15) is 21.5 Å². The van der Waals surface area contributed by atoms with Gasteiger partial charge in [0.1, 0.15) is 23.9 Å². The summed E-state index contributed by atoms with van der Waals surface area (Å²) in [6, 6.07) is 16.8. The minimum absolute atomic E-state index is 0.0950. The van der Waals surface area contributed by atoms with E-state index in [-0.39, 0.29) is 11.3 Å². The molecule has 0 heterocycles. The number of phenols is 1. The quantitative estimate of drug-likeness (QED) is 0.394. The molecule has 0 fully saturated rings. The molecule has 30 heavy (non-hydrogen) atoms. The van der Waals surface area contributed by atoms with E-state index in [4.69, 9.17) is 32.7 Å². The van der Waals surface area contributed by atoms with Gasteiger partial charge in [-0.2, -0.15) is 5.10 Å². The van der Waals surface area contributed by atoms with E-state index in [0.29, 0.717) is 28.2 Å². The number of carbonyl (C=O) groups excluding carboxylic acids is 1. The van der Waals surface area contributed by atoms with Crippen LogP contribution in [0.3, 0.4) is 0 Å². The van der Waals surface area contributed by atoms with Crippen LogP contribution in [-0.4, -0.2) is 24.3 Å². The van der Waals surface area contributed by atoms with Gasteiger partial charge in [-0.1, -0.05) is 29.3 Å². The largest absolute Gasteiger partial charge is 0.507 e. The third-order valence-electron chi connectivity index (χ3n) is 4.12. The van der Waals surface area contributed by atoms with E-state index < -0.39 is 5.91 Å². The molecule has 3 rings (SSSR count). The number of halogens is 2. The van der Waals surface area contributed by atoms with Crippen LogP contribution in [0.25, 0.3) is 0 Å². The number of nitrogens with zero attached hydrogens (tertiary/aromatic N) is 1. The highest BCUT2D eigenvalue weighted by Gasteiger charge is 2.11. The van der Waals surface area contributed by atoms with Crippen molar-refractivity contribution in [1.29, 1.82) is 0 Å². The molecule has 0 bridgehead atoms. The maximum atomic E-state index is 12.1. The summed E-state index contributed by atoms with van der Waals surface area (Å²) in [5.74, 6) is 0.383. The average Bonchev–Trinajstić information content (AvgIpc) is 2.74. The predicted molar refractivity (Wildman–Crippen MR) is 117 cm³/mol. The molecule has 0 aliphatic carbocycles. The van der Waals surface area contributed by atoms with E-state index in [9.17, 15) is 9.90 Å². The van der Waals surface area contributed by atoms with E-state index in [2.05, 4.69) is 10.5 Å². The molecule has 0 saturated heterocycles. The zero-order valence-electron chi connectivity index (χ0n) is 15.9. The number of benzene rings is 3. The number of hydrazone groups is 1. The molecule has 0 unspecified atom stereocenters. The molecule has 0 spiro atoms. The fourth-order valence-corrected chi connectivity index (χ4v) is 2.97. The molecule has 0 atom stereocenters. The molecule has 0 aliphatic rings. The molecule has 0 saturated carbocycles. The second-order valence-electron chi connectivity index (χ2n) is 6.18. The van der Waals surface area contributed by atoms with Crippen LogP contribution in [-0.2, 0) is 6.61 Å². The van der Waals surface area contributed by atoms with Crippen molar-refractivity contribution < 1.29 is 19.4 Å². The summed E-state index contributed by atoms with van der Waals surface area (Å²) in [6.07, 6.45) is 1.48. The normalized spacial score (nSPS) is 10.8. The van der Waals surface area contributed by atoms with Crippen molar-refractivity contribution in [2.45, 2.75) is 6.61 Å². The number of nitrogens with one attached hydrogen (secondary N) is 1. The van der Waals surface area contributed by atoms with Gasteiger partial charge in [0.25, 0.3) is 5.91 Å². The van der Waals surface area contributed by atoms with Gasteiger partial charge >= 0.3 is 0 Å². The molecular formula is C22H18Cl2N2O4. The van der Waals surface area contributed by atoms with Gasteiger partial charge < -0.3 is 14.6 Å². The number of aromatic hydroxyl groups is 1. The van der Waals surface area contributed by atoms with Gasteiger partial charge in [0.15, 0.2) is 0 Å². The number of methoxy groups -OCH3 is 1. The molecule has 0 aliphatic heterocycles. The standard InChI is InChI=1S/C22H18Cl2N2O4/c1-29-18-8-9-19(21(27)11-18)22(28)26-25-12-14-2-6-17(7-3-14)30-13-15-4-5-16(23)10-20(15)24/h2-12,27H,13H2,1H3,(H,26,28)/b25-12-. The summed E-state index contributed by atoms with van der Waals surface area (Å²) in [4.78, 5) is 12.1. The van der Waals surface area contributed by atoms with E-state index in [1.165, 1.54) is 25.5 Å². The predicted octanol–water partition coefficient (Wildman–Crippen LogP) is 5.05. The monoisotopic (exact) mass is 444 g/mol. The molecule has 6 nitrogen and oxygen atoms in total. The number of hydrogen-bond acceptors (Lipinski definition) is 5. The number of carbonyl (C=O) groups is 1. The van der Waals surface area contributed by atoms with Crippen molar-refractivity contribution in [3.8, 4) is 17.2 Å². The first-order valence-corrected chi connectivity index (χ1v) is 9.59. The van der Waals surface area contributed by atoms with Crippen molar-refractivity contribution >= 4 is 35.3 Å². The lowest BCUT2D eigenvalue weighted by Gasteiger charge is -2.08. The molecule has 3 aromatic rings. The first-order valence-electron chi connectivity index (χ1n) is 8.83. The van der Waals surface area contributed by atoms with Crippen molar-refractivity contribution in [3.05, 3.63) is 87.4 Å². The third-order valence-corrected chi connectivity index (χ3v) is 4.71. The Bertz CT molecular complexity index is 1070. The molecule has 0 aromatic heterocycles. The zero-order valence-corrected chi connectivity index (χ0v) is 17.4. The Morgan fingerprint density at radius 1 is 1.07 bits per heavy atom. The van der Waals surface area contributed by atoms with E-state index in [1.54, 1.807) is 42.5 Å². The molecule has 2 N–H and O–H groups in total. The fraction of sp³-hybridized carbons (Fsp3) is 0.0909. The first-order chi connectivity index (χ1) is 14.5. The number of phenolic OH excluding ortho intramolecular Hbond substituents is 1. The molecule has 8 heteroatoms. The van der Waals surface area contributed by atoms with Gasteiger partial charge in [-0.25, -0.2) is 5.43 Å². The second kappa shape index (κ2) is 10.0. The van der Waals surface area contributed by atoms with Gasteiger partial charge in [0, 0.05) is 21.7 Å². The van der Waals surface area contributed by atoms with Crippen molar-refractivity contribution in [1.82, 2.24) is 5.43 Å². The molecule has 1 amide bonds. The Kier molecular flexibility index (Phi) is 7.17. The smallest absolute Gasteiger partial charge is 0.275 e. The summed E-state index contributed by atoms with van der Waals surface area (Å²) in [5, 5.41) is 14.9. The summed E-state index contributed by atoms with van der Waals surface area (Å²) in [5.41, 5.74) is 4.05. The number of ether oxygens (including phenoxy) is 2. The van der Waals surface area contributed by atoms with Crippen LogP contribution >= 0.6 is 23.2 Å². The Labute approximate surface area is 183 Å². The summed E-state index contributed by atoms with van der Waals surface area (Å²) in [6.45, 7) is 0.310. The number of hydrogen-bond donors (Lipinski definition) is 2. The lowest BCUT2D eigenvalue weighted by molar-refractivity contribution is 0.0952. The Morgan fingerprint density at radius 2 is 1.80 bits per heavy atom. The number of rotatable bonds is 7. The zero-order chi connectivity index (χ0) is 21.5. The first kappa shape index (κ1) is 21.5. The van der Waals surface area contributed by atoms with Crippen LogP contribution in [0.15, 0.2) is 65.8 Å². The van der Waals surface area contributed by atoms with Gasteiger partial charge in [-0.3, -0.25) is 4.79 Å². The second-order valence-corrected chi connectivity index (χ2v) is 7.02. The lowest BCUT2D eigenvalue weighted by atomic mass is 10.2.